The van der Waals surface area contributed by atoms with E-state index < -0.39 is 5.97 Å². The number of carboxylic acid groups (broad SMARTS) is 1. The van der Waals surface area contributed by atoms with Gasteiger partial charge in [0.05, 0.1) is 0 Å². The predicted octanol–water partition coefficient (Wildman–Crippen LogP) is 3.32. The van der Waals surface area contributed by atoms with Gasteiger partial charge in [0.2, 0.25) is 5.75 Å². The lowest BCUT2D eigenvalue weighted by molar-refractivity contribution is -0.138. The molecule has 1 aromatic heterocycles. The Kier molecular flexibility index (Phi) is 4.83. The number of anilines is 1. The van der Waals surface area contributed by atoms with Gasteiger partial charge in [-0.15, -0.1) is 0 Å². The first kappa shape index (κ1) is 17.6. The van der Waals surface area contributed by atoms with Gasteiger partial charge in [-0.2, -0.15) is 4.98 Å². The summed E-state index contributed by atoms with van der Waals surface area (Å²) in [5.74, 6) is 1.18. The number of benzene rings is 1. The lowest BCUT2D eigenvalue weighted by Gasteiger charge is -2.29. The van der Waals surface area contributed by atoms with Crippen molar-refractivity contribution in [2.75, 3.05) is 12.3 Å². The van der Waals surface area contributed by atoms with Gasteiger partial charge in [0.1, 0.15) is 12.9 Å². The number of carboxylic acids is 1. The summed E-state index contributed by atoms with van der Waals surface area (Å²) < 4.78 is 11.6. The molecule has 0 bridgehead atoms. The topological polar surface area (TPSA) is 108 Å². The number of nitrogen functional groups attached to an aromatic ring is 1. The van der Waals surface area contributed by atoms with Crippen LogP contribution in [0.5, 0.6) is 11.6 Å². The Morgan fingerprint density at radius 1 is 1.11 bits per heavy atom. The second kappa shape index (κ2) is 7.42. The number of aromatic nitrogens is 2. The van der Waals surface area contributed by atoms with Crippen LogP contribution < -0.4 is 15.2 Å². The van der Waals surface area contributed by atoms with Crippen LogP contribution in [-0.2, 0) is 4.79 Å². The Bertz CT molecular complexity index is 816. The first-order chi connectivity index (χ1) is 13.1. The van der Waals surface area contributed by atoms with Crippen molar-refractivity contribution in [2.24, 2.45) is 5.92 Å². The molecule has 2 aromatic rings. The molecule has 1 aliphatic heterocycles. The van der Waals surface area contributed by atoms with Crippen LogP contribution in [0.4, 0.5) is 5.82 Å². The summed E-state index contributed by atoms with van der Waals surface area (Å²) in [6.45, 7) is 0.378. The molecule has 0 spiro atoms. The maximum absolute atomic E-state index is 10.9. The zero-order valence-corrected chi connectivity index (χ0v) is 15.0. The molecule has 2 aliphatic rings. The van der Waals surface area contributed by atoms with E-state index in [0.29, 0.717) is 36.5 Å². The van der Waals surface area contributed by atoms with Crippen LogP contribution in [-0.4, -0.2) is 27.7 Å². The smallest absolute Gasteiger partial charge is 0.303 e. The number of fused-ring (bicyclic) bond motifs is 1. The zero-order chi connectivity index (χ0) is 18.8. The van der Waals surface area contributed by atoms with Gasteiger partial charge >= 0.3 is 5.97 Å². The molecule has 3 N–H and O–H groups in total. The van der Waals surface area contributed by atoms with Gasteiger partial charge in [0, 0.05) is 6.42 Å². The van der Waals surface area contributed by atoms with Gasteiger partial charge in [-0.1, -0.05) is 24.3 Å². The second-order valence-corrected chi connectivity index (χ2v) is 7.29. The van der Waals surface area contributed by atoms with Crippen LogP contribution in [0.15, 0.2) is 30.6 Å². The third kappa shape index (κ3) is 3.82. The number of carbonyl (C=O) groups is 1. The van der Waals surface area contributed by atoms with E-state index in [2.05, 4.69) is 34.2 Å². The highest BCUT2D eigenvalue weighted by atomic mass is 16.6. The summed E-state index contributed by atoms with van der Waals surface area (Å²) in [7, 11) is 0. The Morgan fingerprint density at radius 3 is 2.52 bits per heavy atom. The summed E-state index contributed by atoms with van der Waals surface area (Å²) >= 11 is 0. The van der Waals surface area contributed by atoms with E-state index in [-0.39, 0.29) is 11.9 Å². The van der Waals surface area contributed by atoms with Crippen LogP contribution >= 0.6 is 0 Å². The van der Waals surface area contributed by atoms with Gasteiger partial charge in [-0.25, -0.2) is 4.98 Å². The Balaban J connectivity index is 1.40. The van der Waals surface area contributed by atoms with Gasteiger partial charge in [0.25, 0.3) is 5.88 Å². The molecule has 1 atom stereocenters. The Labute approximate surface area is 157 Å². The molecule has 1 aromatic carbocycles. The number of nitrogens with zero attached hydrogens (tertiary/aromatic N) is 2. The van der Waals surface area contributed by atoms with Crippen molar-refractivity contribution in [2.45, 2.75) is 44.1 Å². The molecule has 0 amide bonds. The van der Waals surface area contributed by atoms with Crippen LogP contribution in [0.1, 0.15) is 55.3 Å². The average Bonchev–Trinajstić information content (AvgIpc) is 2.68. The molecule has 142 valence electrons. The number of nitrogens with two attached hydrogens (primary N) is 1. The molecule has 1 fully saturated rings. The number of hydrogen-bond acceptors (Lipinski definition) is 6. The molecule has 0 radical (unpaired) electrons. The molecule has 0 saturated heterocycles. The fourth-order valence-electron chi connectivity index (χ4n) is 4.01. The molecule has 1 aliphatic carbocycles. The van der Waals surface area contributed by atoms with Crippen molar-refractivity contribution in [3.05, 3.63) is 41.7 Å². The van der Waals surface area contributed by atoms with Crippen molar-refractivity contribution < 1.29 is 19.4 Å². The van der Waals surface area contributed by atoms with Crippen molar-refractivity contribution in [1.82, 2.24) is 9.97 Å². The highest BCUT2D eigenvalue weighted by Gasteiger charge is 2.27. The lowest BCUT2D eigenvalue weighted by atomic mass is 9.77. The van der Waals surface area contributed by atoms with Gasteiger partial charge < -0.3 is 20.3 Å². The van der Waals surface area contributed by atoms with Crippen molar-refractivity contribution >= 4 is 11.8 Å². The fourth-order valence-corrected chi connectivity index (χ4v) is 4.01. The summed E-state index contributed by atoms with van der Waals surface area (Å²) in [5, 5.41) is 8.94. The maximum Gasteiger partial charge on any atom is 0.303 e. The minimum absolute atomic E-state index is 0.244. The predicted molar refractivity (Wildman–Crippen MR) is 98.7 cm³/mol. The molecule has 1 saturated carbocycles. The van der Waals surface area contributed by atoms with E-state index in [9.17, 15) is 4.79 Å². The van der Waals surface area contributed by atoms with Crippen LogP contribution in [0.2, 0.25) is 0 Å². The maximum atomic E-state index is 10.9. The summed E-state index contributed by atoms with van der Waals surface area (Å²) in [4.78, 5) is 18.8. The molecule has 7 heteroatoms. The number of ether oxygens (including phenoxy) is 2. The van der Waals surface area contributed by atoms with E-state index in [4.69, 9.17) is 20.3 Å². The van der Waals surface area contributed by atoms with Crippen LogP contribution in [0.25, 0.3) is 0 Å². The van der Waals surface area contributed by atoms with Gasteiger partial charge in [0.15, 0.2) is 11.9 Å². The van der Waals surface area contributed by atoms with Gasteiger partial charge in [-0.05, 0) is 48.6 Å². The highest BCUT2D eigenvalue weighted by Crippen LogP contribution is 2.39. The first-order valence-electron chi connectivity index (χ1n) is 9.31. The average molecular weight is 369 g/mol. The molecule has 7 nitrogen and oxygen atoms in total. The van der Waals surface area contributed by atoms with Crippen molar-refractivity contribution in [3.8, 4) is 11.6 Å². The van der Waals surface area contributed by atoms with E-state index in [1.807, 2.05) is 0 Å². The number of hydrogen-bond donors (Lipinski definition) is 2. The fraction of sp³-hybridized carbons (Fsp3) is 0.450. The third-order valence-corrected chi connectivity index (χ3v) is 5.52. The number of rotatable bonds is 4. The summed E-state index contributed by atoms with van der Waals surface area (Å²) in [5.41, 5.74) is 8.17. The molecule has 4 rings (SSSR count). The highest BCUT2D eigenvalue weighted by molar-refractivity contribution is 5.67. The van der Waals surface area contributed by atoms with E-state index >= 15 is 0 Å². The molecular formula is C20H23N3O4. The summed E-state index contributed by atoms with van der Waals surface area (Å²) in [6, 6.07) is 8.41. The summed E-state index contributed by atoms with van der Waals surface area (Å²) in [6.07, 6.45) is 5.45. The molecule has 2 heterocycles. The largest absolute Gasteiger partial charge is 0.481 e. The minimum atomic E-state index is -0.690. The molecular weight excluding hydrogens is 346 g/mol. The lowest BCUT2D eigenvalue weighted by Crippen LogP contribution is -2.23. The molecule has 27 heavy (non-hydrogen) atoms. The van der Waals surface area contributed by atoms with E-state index in [1.54, 1.807) is 0 Å². The Morgan fingerprint density at radius 2 is 1.81 bits per heavy atom. The van der Waals surface area contributed by atoms with Crippen LogP contribution in [0.3, 0.4) is 0 Å². The Hall–Kier alpha value is -2.83. The monoisotopic (exact) mass is 369 g/mol. The standard InChI is InChI=1S/C20H23N3O4/c21-19-18-20(23-11-22-19)26-10-16(27-18)15-7-5-14(6-8-15)13-3-1-12(2-4-13)9-17(24)25/h5-8,11-13,16H,1-4,9-10H2,(H,24,25)(H2,21,22,23)/t12?,13?,16-/m0/s1. The van der Waals surface area contributed by atoms with Crippen molar-refractivity contribution in [3.63, 3.8) is 0 Å². The SMILES string of the molecule is Nc1ncnc2c1O[C@H](c1ccc(C3CCC(CC(=O)O)CC3)cc1)CO2. The van der Waals surface area contributed by atoms with E-state index in [0.717, 1.165) is 31.2 Å². The normalized spacial score (nSPS) is 24.4. The van der Waals surface area contributed by atoms with Crippen LogP contribution in [0, 0.1) is 5.92 Å². The van der Waals surface area contributed by atoms with Gasteiger partial charge in [-0.3, -0.25) is 4.79 Å². The third-order valence-electron chi connectivity index (χ3n) is 5.52. The molecule has 0 unspecified atom stereocenters. The van der Waals surface area contributed by atoms with Crippen molar-refractivity contribution in [1.29, 1.82) is 0 Å². The number of aliphatic carboxylic acids is 1. The van der Waals surface area contributed by atoms with E-state index in [1.165, 1.54) is 11.9 Å². The second-order valence-electron chi connectivity index (χ2n) is 7.29. The minimum Gasteiger partial charge on any atom is -0.481 e. The zero-order valence-electron chi connectivity index (χ0n) is 15.0. The first-order valence-corrected chi connectivity index (χ1v) is 9.31. The quantitative estimate of drug-likeness (QED) is 0.851.